The molecule has 190 valence electrons. The number of ether oxygens (including phenoxy) is 1. The van der Waals surface area contributed by atoms with Crippen molar-refractivity contribution in [2.45, 2.75) is 12.5 Å². The van der Waals surface area contributed by atoms with Gasteiger partial charge in [-0.1, -0.05) is 89.9 Å². The van der Waals surface area contributed by atoms with E-state index >= 15 is 0 Å². The number of hydrogen-bond donors (Lipinski definition) is 1. The number of hydrogen-bond acceptors (Lipinski definition) is 4. The molecule has 5 rings (SSSR count). The first-order chi connectivity index (χ1) is 18.4. The van der Waals surface area contributed by atoms with Gasteiger partial charge in [0.25, 0.3) is 5.91 Å². The number of nitrogens with one attached hydrogen (secondary N) is 1. The van der Waals surface area contributed by atoms with Crippen molar-refractivity contribution in [3.8, 4) is 11.3 Å². The van der Waals surface area contributed by atoms with Crippen LogP contribution in [-0.2, 0) is 16.0 Å². The van der Waals surface area contributed by atoms with Gasteiger partial charge in [0.05, 0.1) is 32.9 Å². The molecule has 1 heterocycles. The summed E-state index contributed by atoms with van der Waals surface area (Å²) >= 11 is 16.2. The van der Waals surface area contributed by atoms with Crippen molar-refractivity contribution in [2.75, 3.05) is 7.11 Å². The molecule has 1 aromatic heterocycles. The van der Waals surface area contributed by atoms with Crippen LogP contribution in [0, 0.1) is 0 Å². The van der Waals surface area contributed by atoms with E-state index in [2.05, 4.69) is 27.3 Å². The highest BCUT2D eigenvalue weighted by molar-refractivity contribution is 9.10. The Hall–Kier alpha value is -3.45. The molecule has 5 aromatic rings. The molecular formula is C30H21BrCl2N2O3. The number of pyridine rings is 1. The number of rotatable bonds is 6. The van der Waals surface area contributed by atoms with Gasteiger partial charge < -0.3 is 10.1 Å². The smallest absolute Gasteiger partial charge is 0.328 e. The second kappa shape index (κ2) is 11.1. The van der Waals surface area contributed by atoms with Crippen molar-refractivity contribution in [2.24, 2.45) is 0 Å². The zero-order valence-electron chi connectivity index (χ0n) is 20.2. The fourth-order valence-electron chi connectivity index (χ4n) is 4.56. The van der Waals surface area contributed by atoms with Gasteiger partial charge in [0.15, 0.2) is 0 Å². The number of amides is 1. The molecule has 1 amide bonds. The average Bonchev–Trinajstić information content (AvgIpc) is 2.93. The van der Waals surface area contributed by atoms with Crippen molar-refractivity contribution in [1.29, 1.82) is 0 Å². The number of carbonyl (C=O) groups is 2. The van der Waals surface area contributed by atoms with Crippen molar-refractivity contribution in [3.63, 3.8) is 0 Å². The molecule has 0 aliphatic heterocycles. The predicted molar refractivity (Wildman–Crippen MR) is 156 cm³/mol. The zero-order chi connectivity index (χ0) is 26.8. The molecule has 1 N–H and O–H groups in total. The lowest BCUT2D eigenvalue weighted by molar-refractivity contribution is -0.142. The van der Waals surface area contributed by atoms with Crippen LogP contribution >= 0.6 is 39.1 Å². The fourth-order valence-corrected chi connectivity index (χ4v) is 5.81. The summed E-state index contributed by atoms with van der Waals surface area (Å²) in [6.07, 6.45) is 2.06. The second-order valence-corrected chi connectivity index (χ2v) is 10.3. The quantitative estimate of drug-likeness (QED) is 0.201. The minimum Gasteiger partial charge on any atom is -0.467 e. The first-order valence-electron chi connectivity index (χ1n) is 11.8. The van der Waals surface area contributed by atoms with E-state index in [4.69, 9.17) is 32.9 Å². The molecule has 0 spiro atoms. The number of benzene rings is 4. The number of carbonyl (C=O) groups excluding carboxylic acids is 2. The Morgan fingerprint density at radius 2 is 1.55 bits per heavy atom. The van der Waals surface area contributed by atoms with E-state index in [1.54, 1.807) is 18.2 Å². The van der Waals surface area contributed by atoms with Crippen molar-refractivity contribution in [3.05, 3.63) is 111 Å². The number of nitrogens with zero attached hydrogens (tertiary/aromatic N) is 1. The van der Waals surface area contributed by atoms with E-state index < -0.39 is 17.9 Å². The van der Waals surface area contributed by atoms with Gasteiger partial charge in [-0.15, -0.1) is 0 Å². The minimum atomic E-state index is -0.959. The highest BCUT2D eigenvalue weighted by Crippen LogP contribution is 2.37. The molecule has 0 saturated carbocycles. The molecule has 38 heavy (non-hydrogen) atoms. The van der Waals surface area contributed by atoms with E-state index in [1.165, 1.54) is 7.11 Å². The Bertz CT molecular complexity index is 1690. The highest BCUT2D eigenvalue weighted by Gasteiger charge is 2.26. The summed E-state index contributed by atoms with van der Waals surface area (Å²) < 4.78 is 5.91. The second-order valence-electron chi connectivity index (χ2n) is 8.68. The average molecular weight is 608 g/mol. The van der Waals surface area contributed by atoms with Gasteiger partial charge in [-0.25, -0.2) is 4.79 Å². The van der Waals surface area contributed by atoms with Crippen LogP contribution in [0.2, 0.25) is 10.0 Å². The molecule has 0 saturated heterocycles. The number of esters is 1. The van der Waals surface area contributed by atoms with Crippen molar-refractivity contribution in [1.82, 2.24) is 10.3 Å². The monoisotopic (exact) mass is 606 g/mol. The van der Waals surface area contributed by atoms with Gasteiger partial charge in [-0.05, 0) is 49.8 Å². The molecule has 4 aromatic carbocycles. The Kier molecular flexibility index (Phi) is 7.65. The van der Waals surface area contributed by atoms with Crippen LogP contribution in [-0.4, -0.2) is 30.0 Å². The van der Waals surface area contributed by atoms with Gasteiger partial charge >= 0.3 is 5.97 Å². The van der Waals surface area contributed by atoms with Crippen LogP contribution in [0.25, 0.3) is 32.8 Å². The number of halogens is 3. The molecule has 0 unspecified atom stereocenters. The third kappa shape index (κ3) is 4.99. The van der Waals surface area contributed by atoms with E-state index in [9.17, 15) is 9.59 Å². The van der Waals surface area contributed by atoms with E-state index in [-0.39, 0.29) is 22.0 Å². The predicted octanol–water partition coefficient (Wildman–Crippen LogP) is 7.64. The van der Waals surface area contributed by atoms with Gasteiger partial charge in [0.1, 0.15) is 6.04 Å². The van der Waals surface area contributed by atoms with E-state index in [0.717, 1.165) is 42.8 Å². The van der Waals surface area contributed by atoms with Gasteiger partial charge in [-0.3, -0.25) is 9.78 Å². The molecule has 0 aliphatic rings. The maximum absolute atomic E-state index is 13.1. The molecule has 0 aliphatic carbocycles. The molecule has 8 heteroatoms. The van der Waals surface area contributed by atoms with Crippen molar-refractivity contribution < 1.29 is 14.3 Å². The van der Waals surface area contributed by atoms with Crippen LogP contribution in [0.1, 0.15) is 15.9 Å². The lowest BCUT2D eigenvalue weighted by Gasteiger charge is -2.19. The summed E-state index contributed by atoms with van der Waals surface area (Å²) in [4.78, 5) is 30.5. The van der Waals surface area contributed by atoms with Gasteiger partial charge in [-0.2, -0.15) is 0 Å². The van der Waals surface area contributed by atoms with Crippen molar-refractivity contribution >= 4 is 72.6 Å². The van der Waals surface area contributed by atoms with E-state index in [0.29, 0.717) is 0 Å². The zero-order valence-corrected chi connectivity index (χ0v) is 23.3. The maximum atomic E-state index is 13.1. The van der Waals surface area contributed by atoms with Crippen LogP contribution in [0.3, 0.4) is 0 Å². The fraction of sp³-hybridized carbons (Fsp3) is 0.100. The molecule has 0 radical (unpaired) electrons. The highest BCUT2D eigenvalue weighted by atomic mass is 79.9. The Labute approximate surface area is 237 Å². The summed E-state index contributed by atoms with van der Waals surface area (Å²) in [5.74, 6) is -1.13. The molecule has 1 atom stereocenters. The van der Waals surface area contributed by atoms with Gasteiger partial charge in [0.2, 0.25) is 0 Å². The Balaban J connectivity index is 1.54. The lowest BCUT2D eigenvalue weighted by atomic mass is 9.93. The molecule has 0 bridgehead atoms. The number of methoxy groups -OCH3 is 1. The minimum absolute atomic E-state index is 0.108. The van der Waals surface area contributed by atoms with Gasteiger partial charge in [0, 0.05) is 23.6 Å². The topological polar surface area (TPSA) is 68.3 Å². The largest absolute Gasteiger partial charge is 0.467 e. The number of fused-ring (bicyclic) bond motifs is 2. The molecule has 0 fully saturated rings. The first-order valence-corrected chi connectivity index (χ1v) is 13.3. The summed E-state index contributed by atoms with van der Waals surface area (Å²) in [6.45, 7) is 0. The first kappa shape index (κ1) is 26.2. The molecular weight excluding hydrogens is 587 g/mol. The molecule has 5 nitrogen and oxygen atoms in total. The standard InChI is InChI=1S/C30H21BrCl2N2O3/c1-38-30(37)25(35-29(36)26-23(32)11-6-12-24(26)33)15-17-13-14-22(21-10-5-4-8-19(17)21)28-27(31)20-9-3-2-7-18(20)16-34-28/h2-14,16,25H,15H2,1H3,(H,35,36)/t25-/m0/s1. The maximum Gasteiger partial charge on any atom is 0.328 e. The SMILES string of the molecule is COC(=O)[C@H](Cc1ccc(-c2ncc3ccccc3c2Br)c2ccccc12)NC(=O)c1c(Cl)cccc1Cl. The summed E-state index contributed by atoms with van der Waals surface area (Å²) in [7, 11) is 1.29. The Morgan fingerprint density at radius 3 is 2.26 bits per heavy atom. The third-order valence-electron chi connectivity index (χ3n) is 6.41. The van der Waals surface area contributed by atoms with Crippen LogP contribution in [0.4, 0.5) is 0 Å². The van der Waals surface area contributed by atoms with Crippen LogP contribution in [0.15, 0.2) is 89.5 Å². The number of aromatic nitrogens is 1. The van der Waals surface area contributed by atoms with E-state index in [1.807, 2.05) is 60.8 Å². The van der Waals surface area contributed by atoms with Crippen LogP contribution in [0.5, 0.6) is 0 Å². The summed E-state index contributed by atoms with van der Waals surface area (Å²) in [5, 5.41) is 7.16. The summed E-state index contributed by atoms with van der Waals surface area (Å²) in [5.41, 5.74) is 2.74. The third-order valence-corrected chi connectivity index (χ3v) is 7.84. The Morgan fingerprint density at radius 1 is 0.895 bits per heavy atom. The lowest BCUT2D eigenvalue weighted by Crippen LogP contribution is -2.43. The normalized spacial score (nSPS) is 11.9. The summed E-state index contributed by atoms with van der Waals surface area (Å²) in [6, 6.07) is 23.7. The van der Waals surface area contributed by atoms with Crippen LogP contribution < -0.4 is 5.32 Å².